The minimum atomic E-state index is -0.168. The molecule has 0 aliphatic carbocycles. The van der Waals surface area contributed by atoms with Crippen LogP contribution in [-0.2, 0) is 9.59 Å². The van der Waals surface area contributed by atoms with E-state index in [4.69, 9.17) is 4.74 Å². The second-order valence-electron chi connectivity index (χ2n) is 4.75. The van der Waals surface area contributed by atoms with Gasteiger partial charge in [-0.15, -0.1) is 0 Å². The molecule has 0 saturated carbocycles. The van der Waals surface area contributed by atoms with Crippen LogP contribution in [0.5, 0.6) is 5.75 Å². The second kappa shape index (κ2) is 4.23. The fraction of sp³-hybridized carbons (Fsp3) is 0.200. The number of carbonyl (C=O) groups excluding carboxylic acids is 2. The normalized spacial score (nSPS) is 17.9. The van der Waals surface area contributed by atoms with Crippen LogP contribution in [0, 0.1) is 0 Å². The predicted octanol–water partition coefficient (Wildman–Crippen LogP) is 1.23. The summed E-state index contributed by atoms with van der Waals surface area (Å²) in [4.78, 5) is 27.5. The number of fused-ring (bicyclic) bond motifs is 1. The average molecular weight is 270 g/mol. The number of benzene rings is 1. The van der Waals surface area contributed by atoms with Crippen LogP contribution in [0.4, 0.5) is 0 Å². The highest BCUT2D eigenvalue weighted by molar-refractivity contribution is 6.24. The molecule has 20 heavy (non-hydrogen) atoms. The number of ether oxygens (including phenoxy) is 1. The molecule has 0 atom stereocenters. The fourth-order valence-corrected chi connectivity index (χ4v) is 2.60. The van der Waals surface area contributed by atoms with Crippen LogP contribution >= 0.6 is 0 Å². The van der Waals surface area contributed by atoms with Gasteiger partial charge in [0.1, 0.15) is 5.75 Å². The van der Waals surface area contributed by atoms with Gasteiger partial charge in [0.15, 0.2) is 0 Å². The molecule has 0 N–H and O–H groups in total. The highest BCUT2D eigenvalue weighted by Gasteiger charge is 2.42. The van der Waals surface area contributed by atoms with E-state index in [0.29, 0.717) is 22.6 Å². The molecular formula is C15H14N2O3. The van der Waals surface area contributed by atoms with Gasteiger partial charge in [0.2, 0.25) is 0 Å². The first-order valence-electron chi connectivity index (χ1n) is 6.21. The molecule has 2 amide bonds. The van der Waals surface area contributed by atoms with Crippen molar-refractivity contribution in [3.63, 3.8) is 0 Å². The fourth-order valence-electron chi connectivity index (χ4n) is 2.60. The van der Waals surface area contributed by atoms with Gasteiger partial charge in [-0.2, -0.15) is 0 Å². The summed E-state index contributed by atoms with van der Waals surface area (Å²) in [5.74, 6) is 0.301. The first-order valence-corrected chi connectivity index (χ1v) is 6.21. The van der Waals surface area contributed by atoms with Crippen LogP contribution in [0.1, 0.15) is 5.56 Å². The Hall–Kier alpha value is -2.56. The highest BCUT2D eigenvalue weighted by Crippen LogP contribution is 2.41. The van der Waals surface area contributed by atoms with Gasteiger partial charge in [-0.1, -0.05) is 12.1 Å². The minimum Gasteiger partial charge on any atom is -0.496 e. The Kier molecular flexibility index (Phi) is 2.64. The Morgan fingerprint density at radius 2 is 1.75 bits per heavy atom. The summed E-state index contributed by atoms with van der Waals surface area (Å²) in [6.45, 7) is 0. The summed E-state index contributed by atoms with van der Waals surface area (Å²) in [7, 11) is 4.89. The van der Waals surface area contributed by atoms with E-state index in [0.717, 1.165) is 5.56 Å². The summed E-state index contributed by atoms with van der Waals surface area (Å²) in [6, 6.07) is 7.36. The van der Waals surface area contributed by atoms with Crippen LogP contribution in [0.2, 0.25) is 0 Å². The highest BCUT2D eigenvalue weighted by atomic mass is 16.5. The molecule has 0 saturated heterocycles. The van der Waals surface area contributed by atoms with E-state index in [-0.39, 0.29) is 11.8 Å². The zero-order valence-electron chi connectivity index (χ0n) is 11.5. The number of para-hydroxylation sites is 1. The lowest BCUT2D eigenvalue weighted by molar-refractivity contribution is -0.123. The number of rotatable bonds is 2. The maximum atomic E-state index is 12.3. The first kappa shape index (κ1) is 12.5. The Bertz CT molecular complexity index is 688. The molecule has 0 radical (unpaired) electrons. The van der Waals surface area contributed by atoms with E-state index in [1.807, 2.05) is 24.3 Å². The number of hydrogen-bond acceptors (Lipinski definition) is 3. The van der Waals surface area contributed by atoms with Crippen LogP contribution < -0.4 is 4.74 Å². The van der Waals surface area contributed by atoms with E-state index in [2.05, 4.69) is 0 Å². The molecular weight excluding hydrogens is 256 g/mol. The van der Waals surface area contributed by atoms with Crippen LogP contribution in [0.25, 0.3) is 5.70 Å². The van der Waals surface area contributed by atoms with Crippen molar-refractivity contribution in [1.82, 2.24) is 9.80 Å². The molecule has 5 nitrogen and oxygen atoms in total. The zero-order chi connectivity index (χ0) is 14.4. The molecule has 1 aromatic carbocycles. The third-order valence-electron chi connectivity index (χ3n) is 3.60. The van der Waals surface area contributed by atoms with Gasteiger partial charge < -0.3 is 14.5 Å². The van der Waals surface area contributed by atoms with E-state index in [1.54, 1.807) is 27.4 Å². The van der Waals surface area contributed by atoms with Crippen molar-refractivity contribution in [3.05, 3.63) is 47.2 Å². The summed E-state index contributed by atoms with van der Waals surface area (Å²) in [5, 5.41) is 0. The number of hydrogen-bond donors (Lipinski definition) is 0. The number of amides is 2. The lowest BCUT2D eigenvalue weighted by Crippen LogP contribution is -2.22. The van der Waals surface area contributed by atoms with Crippen LogP contribution in [-0.4, -0.2) is 42.8 Å². The van der Waals surface area contributed by atoms with E-state index < -0.39 is 0 Å². The molecule has 1 aromatic rings. The Morgan fingerprint density at radius 1 is 1.05 bits per heavy atom. The summed E-state index contributed by atoms with van der Waals surface area (Å²) >= 11 is 0. The van der Waals surface area contributed by atoms with Crippen molar-refractivity contribution >= 4 is 17.5 Å². The maximum Gasteiger partial charge on any atom is 0.260 e. The van der Waals surface area contributed by atoms with Crippen molar-refractivity contribution < 1.29 is 14.3 Å². The van der Waals surface area contributed by atoms with Crippen molar-refractivity contribution in [2.45, 2.75) is 0 Å². The Labute approximate surface area is 116 Å². The van der Waals surface area contributed by atoms with E-state index in [9.17, 15) is 9.59 Å². The van der Waals surface area contributed by atoms with Gasteiger partial charge >= 0.3 is 0 Å². The summed E-state index contributed by atoms with van der Waals surface area (Å²) in [6.07, 6.45) is 1.58. The summed E-state index contributed by atoms with van der Waals surface area (Å²) in [5.41, 5.74) is 2.24. The third kappa shape index (κ3) is 1.49. The molecule has 102 valence electrons. The quantitative estimate of drug-likeness (QED) is 0.812. The monoisotopic (exact) mass is 270 g/mol. The third-order valence-corrected chi connectivity index (χ3v) is 3.60. The predicted molar refractivity (Wildman–Crippen MR) is 73.5 cm³/mol. The molecule has 0 aromatic heterocycles. The number of likely N-dealkylation sites (N-methyl/N-ethyl adjacent to an activating group) is 2. The second-order valence-corrected chi connectivity index (χ2v) is 4.75. The lowest BCUT2D eigenvalue weighted by atomic mass is 10.0. The van der Waals surface area contributed by atoms with E-state index >= 15 is 0 Å². The molecule has 0 spiro atoms. The molecule has 5 heteroatoms. The van der Waals surface area contributed by atoms with Gasteiger partial charge in [-0.05, 0) is 12.1 Å². The molecule has 2 aliphatic rings. The topological polar surface area (TPSA) is 49.9 Å². The Balaban J connectivity index is 2.26. The Morgan fingerprint density at radius 3 is 2.45 bits per heavy atom. The van der Waals surface area contributed by atoms with Gasteiger partial charge in [0.25, 0.3) is 11.8 Å². The van der Waals surface area contributed by atoms with Gasteiger partial charge in [0.05, 0.1) is 24.0 Å². The minimum absolute atomic E-state index is 0.168. The molecule has 0 fully saturated rings. The molecule has 2 aliphatic heterocycles. The lowest BCUT2D eigenvalue weighted by Gasteiger charge is -2.18. The zero-order valence-corrected chi connectivity index (χ0v) is 11.5. The molecule has 0 bridgehead atoms. The standard InChI is InChI=1S/C15H14N2O3/c1-16-8-10-12(15(16)19)13(17(2)14(10)18)9-6-4-5-7-11(9)20-3/h4-8H,1-3H3. The smallest absolute Gasteiger partial charge is 0.260 e. The van der Waals surface area contributed by atoms with Crippen LogP contribution in [0.15, 0.2) is 41.6 Å². The SMILES string of the molecule is COc1ccccc1C1=C2C(=O)N(C)C=C2C(=O)N1C. The van der Waals surface area contributed by atoms with E-state index in [1.165, 1.54) is 9.80 Å². The number of nitrogens with zero attached hydrogens (tertiary/aromatic N) is 2. The number of carbonyl (C=O) groups is 2. The van der Waals surface area contributed by atoms with Crippen LogP contribution in [0.3, 0.4) is 0 Å². The summed E-state index contributed by atoms with van der Waals surface area (Å²) < 4.78 is 5.34. The molecule has 0 unspecified atom stereocenters. The molecule has 3 rings (SSSR count). The van der Waals surface area contributed by atoms with Crippen molar-refractivity contribution in [3.8, 4) is 5.75 Å². The van der Waals surface area contributed by atoms with Gasteiger partial charge in [0, 0.05) is 25.9 Å². The van der Waals surface area contributed by atoms with Gasteiger partial charge in [-0.25, -0.2) is 0 Å². The van der Waals surface area contributed by atoms with Crippen molar-refractivity contribution in [2.24, 2.45) is 0 Å². The van der Waals surface area contributed by atoms with Crippen molar-refractivity contribution in [1.29, 1.82) is 0 Å². The maximum absolute atomic E-state index is 12.3. The number of methoxy groups -OCH3 is 1. The van der Waals surface area contributed by atoms with Crippen molar-refractivity contribution in [2.75, 3.05) is 21.2 Å². The van der Waals surface area contributed by atoms with Gasteiger partial charge in [-0.3, -0.25) is 9.59 Å². The molecule has 2 heterocycles. The average Bonchev–Trinajstić information content (AvgIpc) is 2.88. The first-order chi connectivity index (χ1) is 9.56. The largest absolute Gasteiger partial charge is 0.496 e.